The van der Waals surface area contributed by atoms with Crippen LogP contribution in [0.4, 0.5) is 5.69 Å². The maximum atomic E-state index is 12.4. The van der Waals surface area contributed by atoms with Gasteiger partial charge in [0.25, 0.3) is 17.5 Å². The van der Waals surface area contributed by atoms with Gasteiger partial charge in [-0.05, 0) is 30.3 Å². The molecule has 2 aromatic rings. The molecule has 1 heterocycles. The molecule has 0 N–H and O–H groups in total. The number of nitro groups is 1. The normalized spacial score (nSPS) is 12.7. The number of carbonyl (C=O) groups excluding carboxylic acids is 3. The number of nitrogens with zero attached hydrogens (tertiary/aromatic N) is 2. The molecule has 0 bridgehead atoms. The van der Waals surface area contributed by atoms with E-state index in [1.807, 2.05) is 0 Å². The number of nitro benzene ring substituents is 1. The van der Waals surface area contributed by atoms with E-state index in [2.05, 4.69) is 0 Å². The van der Waals surface area contributed by atoms with Crippen LogP contribution in [0, 0.1) is 10.1 Å². The molecule has 10 heteroatoms. The molecule has 0 radical (unpaired) electrons. The van der Waals surface area contributed by atoms with Crippen LogP contribution >= 0.6 is 11.6 Å². The second-order valence-corrected chi connectivity index (χ2v) is 6.43. The molecule has 0 spiro atoms. The molecule has 0 aromatic heterocycles. The van der Waals surface area contributed by atoms with E-state index in [4.69, 9.17) is 21.1 Å². The van der Waals surface area contributed by atoms with Gasteiger partial charge in [-0.15, -0.1) is 0 Å². The van der Waals surface area contributed by atoms with Crippen molar-refractivity contribution in [2.45, 2.75) is 6.42 Å². The monoisotopic (exact) mass is 418 g/mol. The summed E-state index contributed by atoms with van der Waals surface area (Å²) >= 11 is 5.77. The van der Waals surface area contributed by atoms with Crippen molar-refractivity contribution in [2.24, 2.45) is 0 Å². The molecule has 2 amide bonds. The number of halogens is 1. The van der Waals surface area contributed by atoms with Gasteiger partial charge in [0, 0.05) is 17.6 Å². The minimum absolute atomic E-state index is 0.0188. The van der Waals surface area contributed by atoms with Gasteiger partial charge < -0.3 is 9.47 Å². The lowest BCUT2D eigenvalue weighted by Crippen LogP contribution is -2.32. The Labute approximate surface area is 169 Å². The lowest BCUT2D eigenvalue weighted by atomic mass is 10.1. The summed E-state index contributed by atoms with van der Waals surface area (Å²) in [6, 6.07) is 10.5. The quantitative estimate of drug-likeness (QED) is 0.213. The molecular formula is C19H15ClN2O7. The van der Waals surface area contributed by atoms with Crippen molar-refractivity contribution >= 4 is 35.1 Å². The molecule has 29 heavy (non-hydrogen) atoms. The number of esters is 1. The van der Waals surface area contributed by atoms with Gasteiger partial charge in [0.05, 0.1) is 16.9 Å². The fourth-order valence-corrected chi connectivity index (χ4v) is 2.92. The smallest absolute Gasteiger partial charge is 0.307 e. The van der Waals surface area contributed by atoms with Crippen LogP contribution in [0.1, 0.15) is 27.1 Å². The number of ether oxygens (including phenoxy) is 2. The lowest BCUT2D eigenvalue weighted by Gasteiger charge is -2.13. The van der Waals surface area contributed by atoms with Crippen molar-refractivity contribution < 1.29 is 28.8 Å². The molecule has 2 aromatic carbocycles. The van der Waals surface area contributed by atoms with E-state index in [1.54, 1.807) is 24.3 Å². The number of imide groups is 1. The fourth-order valence-electron chi connectivity index (χ4n) is 2.79. The maximum Gasteiger partial charge on any atom is 0.307 e. The number of carbonyl (C=O) groups is 3. The Morgan fingerprint density at radius 1 is 1.07 bits per heavy atom. The van der Waals surface area contributed by atoms with E-state index >= 15 is 0 Å². The highest BCUT2D eigenvalue weighted by atomic mass is 35.5. The van der Waals surface area contributed by atoms with Crippen LogP contribution in [0.2, 0.25) is 5.02 Å². The van der Waals surface area contributed by atoms with Crippen molar-refractivity contribution in [3.63, 3.8) is 0 Å². The first kappa shape index (κ1) is 20.3. The summed E-state index contributed by atoms with van der Waals surface area (Å²) in [5, 5.41) is 11.7. The number of benzene rings is 2. The van der Waals surface area contributed by atoms with Crippen LogP contribution < -0.4 is 4.74 Å². The standard InChI is InChI=1S/C19H15ClN2O7/c20-12-4-6-13(7-5-12)28-10-11-29-16(23)8-9-21-18(24)14-2-1-3-15(22(26)27)17(14)19(21)25/h1-7H,8-11H2. The summed E-state index contributed by atoms with van der Waals surface area (Å²) in [4.78, 5) is 47.8. The second-order valence-electron chi connectivity index (χ2n) is 5.99. The van der Waals surface area contributed by atoms with Gasteiger partial charge in [-0.1, -0.05) is 17.7 Å². The third-order valence-electron chi connectivity index (χ3n) is 4.14. The molecule has 0 fully saturated rings. The van der Waals surface area contributed by atoms with Crippen LogP contribution in [-0.4, -0.2) is 47.4 Å². The Balaban J connectivity index is 1.48. The fraction of sp³-hybridized carbons (Fsp3) is 0.211. The first-order valence-electron chi connectivity index (χ1n) is 8.56. The maximum absolute atomic E-state index is 12.4. The zero-order chi connectivity index (χ0) is 21.0. The Hall–Kier alpha value is -3.46. The summed E-state index contributed by atoms with van der Waals surface area (Å²) in [6.45, 7) is -0.137. The van der Waals surface area contributed by atoms with Crippen LogP contribution in [0.5, 0.6) is 5.75 Å². The highest BCUT2D eigenvalue weighted by molar-refractivity contribution is 6.30. The third-order valence-corrected chi connectivity index (χ3v) is 4.39. The van der Waals surface area contributed by atoms with E-state index in [0.717, 1.165) is 11.0 Å². The van der Waals surface area contributed by atoms with Crippen LogP contribution in [0.3, 0.4) is 0 Å². The van der Waals surface area contributed by atoms with E-state index in [9.17, 15) is 24.5 Å². The molecule has 3 rings (SSSR count). The first-order valence-corrected chi connectivity index (χ1v) is 8.94. The minimum Gasteiger partial charge on any atom is -0.490 e. The van der Waals surface area contributed by atoms with Gasteiger partial charge in [0.2, 0.25) is 0 Å². The molecule has 0 saturated carbocycles. The molecule has 1 aliphatic rings. The molecule has 9 nitrogen and oxygen atoms in total. The zero-order valence-electron chi connectivity index (χ0n) is 15.0. The number of fused-ring (bicyclic) bond motifs is 1. The van der Waals surface area contributed by atoms with Crippen molar-refractivity contribution in [3.8, 4) is 5.75 Å². The van der Waals surface area contributed by atoms with Gasteiger partial charge in [-0.3, -0.25) is 29.4 Å². The highest BCUT2D eigenvalue weighted by Crippen LogP contribution is 2.30. The zero-order valence-corrected chi connectivity index (χ0v) is 15.8. The summed E-state index contributed by atoms with van der Waals surface area (Å²) in [6.07, 6.45) is -0.236. The van der Waals surface area contributed by atoms with E-state index in [-0.39, 0.29) is 37.3 Å². The van der Waals surface area contributed by atoms with Gasteiger partial charge in [0.15, 0.2) is 0 Å². The van der Waals surface area contributed by atoms with Crippen molar-refractivity contribution in [2.75, 3.05) is 19.8 Å². The molecule has 150 valence electrons. The molecule has 1 aliphatic heterocycles. The van der Waals surface area contributed by atoms with E-state index in [1.165, 1.54) is 12.1 Å². The third kappa shape index (κ3) is 4.52. The average Bonchev–Trinajstić information content (AvgIpc) is 2.95. The SMILES string of the molecule is O=C(CCN1C(=O)c2cccc([N+](=O)[O-])c2C1=O)OCCOc1ccc(Cl)cc1. The van der Waals surface area contributed by atoms with Crippen LogP contribution in [0.25, 0.3) is 0 Å². The molecule has 0 aliphatic carbocycles. The number of hydrogen-bond acceptors (Lipinski definition) is 7. The van der Waals surface area contributed by atoms with Crippen LogP contribution in [0.15, 0.2) is 42.5 Å². The van der Waals surface area contributed by atoms with Crippen molar-refractivity contribution in [3.05, 3.63) is 68.7 Å². The number of amides is 2. The topological polar surface area (TPSA) is 116 Å². The van der Waals surface area contributed by atoms with Crippen molar-refractivity contribution in [1.82, 2.24) is 4.90 Å². The molecular weight excluding hydrogens is 404 g/mol. The number of rotatable bonds is 8. The minimum atomic E-state index is -0.795. The number of hydrogen-bond donors (Lipinski definition) is 0. The first-order chi connectivity index (χ1) is 13.9. The lowest BCUT2D eigenvalue weighted by molar-refractivity contribution is -0.385. The summed E-state index contributed by atoms with van der Waals surface area (Å²) in [7, 11) is 0. The Bertz CT molecular complexity index is 975. The van der Waals surface area contributed by atoms with Crippen LogP contribution in [-0.2, 0) is 9.53 Å². The average molecular weight is 419 g/mol. The summed E-state index contributed by atoms with van der Waals surface area (Å²) in [5.74, 6) is -1.53. The van der Waals surface area contributed by atoms with Gasteiger partial charge in [-0.25, -0.2) is 0 Å². The van der Waals surface area contributed by atoms with E-state index < -0.39 is 28.4 Å². The summed E-state index contributed by atoms with van der Waals surface area (Å²) in [5.41, 5.74) is -0.744. The van der Waals surface area contributed by atoms with E-state index in [0.29, 0.717) is 10.8 Å². The Kier molecular flexibility index (Phi) is 6.08. The van der Waals surface area contributed by atoms with Gasteiger partial charge in [-0.2, -0.15) is 0 Å². The molecule has 0 saturated heterocycles. The molecule has 0 unspecified atom stereocenters. The van der Waals surface area contributed by atoms with Gasteiger partial charge in [0.1, 0.15) is 24.5 Å². The van der Waals surface area contributed by atoms with Crippen molar-refractivity contribution in [1.29, 1.82) is 0 Å². The second kappa shape index (κ2) is 8.70. The largest absolute Gasteiger partial charge is 0.490 e. The van der Waals surface area contributed by atoms with Gasteiger partial charge >= 0.3 is 5.97 Å². The predicted molar refractivity (Wildman–Crippen MR) is 101 cm³/mol. The Morgan fingerprint density at radius 2 is 1.79 bits per heavy atom. The molecule has 0 atom stereocenters. The Morgan fingerprint density at radius 3 is 2.48 bits per heavy atom. The highest BCUT2D eigenvalue weighted by Gasteiger charge is 2.40. The predicted octanol–water partition coefficient (Wildman–Crippen LogP) is 2.86. The summed E-state index contributed by atoms with van der Waals surface area (Å²) < 4.78 is 10.4.